The standard InChI is InChI=1S/C15H16N2O2S.ClH/c1-2-12-8-19-9-13(12)7-11(1)14-10-20-15(16-14)17-3-5-18-6-4-17;/h1-2,7,10H,3-6,8-9H2;1H. The van der Waals surface area contributed by atoms with E-state index >= 15 is 0 Å². The van der Waals surface area contributed by atoms with Gasteiger partial charge in [0.1, 0.15) is 0 Å². The van der Waals surface area contributed by atoms with Gasteiger partial charge in [0.2, 0.25) is 0 Å². The Bertz CT molecular complexity index is 626. The van der Waals surface area contributed by atoms with Gasteiger partial charge in [0, 0.05) is 24.0 Å². The molecule has 0 spiro atoms. The molecule has 0 radical (unpaired) electrons. The lowest BCUT2D eigenvalue weighted by Crippen LogP contribution is -2.36. The molecule has 2 aliphatic rings. The summed E-state index contributed by atoms with van der Waals surface area (Å²) >= 11 is 1.71. The van der Waals surface area contributed by atoms with Crippen molar-refractivity contribution in [2.75, 3.05) is 31.2 Å². The van der Waals surface area contributed by atoms with Crippen molar-refractivity contribution >= 4 is 28.9 Å². The van der Waals surface area contributed by atoms with Gasteiger partial charge in [-0.15, -0.1) is 23.7 Å². The Kier molecular flexibility index (Phi) is 4.45. The molecule has 112 valence electrons. The van der Waals surface area contributed by atoms with Crippen LogP contribution in [0, 0.1) is 0 Å². The highest BCUT2D eigenvalue weighted by Gasteiger charge is 2.16. The van der Waals surface area contributed by atoms with Gasteiger partial charge in [-0.2, -0.15) is 0 Å². The van der Waals surface area contributed by atoms with E-state index in [0.717, 1.165) is 50.3 Å². The second-order valence-corrected chi connectivity index (χ2v) is 5.93. The summed E-state index contributed by atoms with van der Waals surface area (Å²) in [5.41, 5.74) is 4.84. The van der Waals surface area contributed by atoms with Gasteiger partial charge in [0.25, 0.3) is 0 Å². The van der Waals surface area contributed by atoms with Crippen LogP contribution in [0.25, 0.3) is 11.3 Å². The Labute approximate surface area is 134 Å². The number of fused-ring (bicyclic) bond motifs is 1. The Hall–Kier alpha value is -1.14. The molecule has 0 saturated carbocycles. The Balaban J connectivity index is 0.00000132. The molecule has 4 rings (SSSR count). The highest BCUT2D eigenvalue weighted by atomic mass is 35.5. The first-order valence-corrected chi connectivity index (χ1v) is 7.76. The van der Waals surface area contributed by atoms with E-state index in [9.17, 15) is 0 Å². The lowest BCUT2D eigenvalue weighted by Gasteiger charge is -2.26. The van der Waals surface area contributed by atoms with Gasteiger partial charge in [-0.3, -0.25) is 0 Å². The summed E-state index contributed by atoms with van der Waals surface area (Å²) in [6.45, 7) is 4.93. The largest absolute Gasteiger partial charge is 0.378 e. The fourth-order valence-electron chi connectivity index (χ4n) is 2.63. The van der Waals surface area contributed by atoms with E-state index in [0.29, 0.717) is 0 Å². The number of ether oxygens (including phenoxy) is 2. The number of hydrogen-bond donors (Lipinski definition) is 0. The van der Waals surface area contributed by atoms with E-state index in [1.165, 1.54) is 16.7 Å². The van der Waals surface area contributed by atoms with Gasteiger partial charge < -0.3 is 14.4 Å². The minimum atomic E-state index is 0. The summed E-state index contributed by atoms with van der Waals surface area (Å²) in [5, 5.41) is 3.24. The van der Waals surface area contributed by atoms with Crippen molar-refractivity contribution in [1.29, 1.82) is 0 Å². The zero-order valence-electron chi connectivity index (χ0n) is 11.6. The summed E-state index contributed by atoms with van der Waals surface area (Å²) in [5.74, 6) is 0. The molecule has 0 aliphatic carbocycles. The van der Waals surface area contributed by atoms with Crippen LogP contribution >= 0.6 is 23.7 Å². The third-order valence-corrected chi connectivity index (χ3v) is 4.69. The van der Waals surface area contributed by atoms with Crippen LogP contribution in [-0.4, -0.2) is 31.3 Å². The summed E-state index contributed by atoms with van der Waals surface area (Å²) in [6, 6.07) is 6.51. The van der Waals surface area contributed by atoms with E-state index in [4.69, 9.17) is 14.5 Å². The molecule has 0 unspecified atom stereocenters. The van der Waals surface area contributed by atoms with E-state index in [-0.39, 0.29) is 12.4 Å². The van der Waals surface area contributed by atoms with Crippen LogP contribution in [-0.2, 0) is 22.7 Å². The molecule has 21 heavy (non-hydrogen) atoms. The van der Waals surface area contributed by atoms with Crippen molar-refractivity contribution in [3.63, 3.8) is 0 Å². The van der Waals surface area contributed by atoms with Crippen LogP contribution in [0.2, 0.25) is 0 Å². The monoisotopic (exact) mass is 324 g/mol. The smallest absolute Gasteiger partial charge is 0.186 e. The minimum absolute atomic E-state index is 0. The second kappa shape index (κ2) is 6.32. The molecule has 0 amide bonds. The van der Waals surface area contributed by atoms with Crippen molar-refractivity contribution < 1.29 is 9.47 Å². The number of benzene rings is 1. The molecule has 1 aromatic heterocycles. The number of thiazole rings is 1. The predicted molar refractivity (Wildman–Crippen MR) is 86.3 cm³/mol. The Morgan fingerprint density at radius 3 is 2.71 bits per heavy atom. The third-order valence-electron chi connectivity index (χ3n) is 3.79. The molecule has 1 saturated heterocycles. The number of rotatable bonds is 2. The molecule has 6 heteroatoms. The third kappa shape index (κ3) is 2.92. The van der Waals surface area contributed by atoms with Crippen LogP contribution in [0.5, 0.6) is 0 Å². The second-order valence-electron chi connectivity index (χ2n) is 5.09. The van der Waals surface area contributed by atoms with Crippen molar-refractivity contribution in [2.24, 2.45) is 0 Å². The molecule has 0 atom stereocenters. The topological polar surface area (TPSA) is 34.6 Å². The maximum absolute atomic E-state index is 5.47. The molecular formula is C15H17ClN2O2S. The molecule has 0 N–H and O–H groups in total. The Morgan fingerprint density at radius 2 is 1.86 bits per heavy atom. The summed E-state index contributed by atoms with van der Waals surface area (Å²) in [4.78, 5) is 7.08. The first kappa shape index (κ1) is 14.8. The van der Waals surface area contributed by atoms with E-state index < -0.39 is 0 Å². The van der Waals surface area contributed by atoms with Crippen LogP contribution in [0.1, 0.15) is 11.1 Å². The van der Waals surface area contributed by atoms with E-state index in [1.54, 1.807) is 11.3 Å². The van der Waals surface area contributed by atoms with Crippen molar-refractivity contribution in [3.8, 4) is 11.3 Å². The average Bonchev–Trinajstić information content (AvgIpc) is 3.16. The highest BCUT2D eigenvalue weighted by Crippen LogP contribution is 2.30. The van der Waals surface area contributed by atoms with Crippen LogP contribution in [0.3, 0.4) is 0 Å². The SMILES string of the molecule is Cl.c1cc2c(cc1-c1csc(N3CCOCC3)n1)COC2. The maximum atomic E-state index is 5.47. The first-order valence-electron chi connectivity index (χ1n) is 6.88. The minimum Gasteiger partial charge on any atom is -0.378 e. The van der Waals surface area contributed by atoms with Crippen molar-refractivity contribution in [1.82, 2.24) is 4.98 Å². The van der Waals surface area contributed by atoms with Crippen molar-refractivity contribution in [3.05, 3.63) is 34.7 Å². The summed E-state index contributed by atoms with van der Waals surface area (Å²) in [6.07, 6.45) is 0. The number of anilines is 1. The molecule has 2 aromatic rings. The lowest BCUT2D eigenvalue weighted by atomic mass is 10.1. The molecule has 2 aliphatic heterocycles. The fraction of sp³-hybridized carbons (Fsp3) is 0.400. The van der Waals surface area contributed by atoms with Gasteiger partial charge in [-0.05, 0) is 17.2 Å². The van der Waals surface area contributed by atoms with Crippen LogP contribution < -0.4 is 4.90 Å². The number of hydrogen-bond acceptors (Lipinski definition) is 5. The van der Waals surface area contributed by atoms with Gasteiger partial charge >= 0.3 is 0 Å². The van der Waals surface area contributed by atoms with Crippen molar-refractivity contribution in [2.45, 2.75) is 13.2 Å². The van der Waals surface area contributed by atoms with E-state index in [1.807, 2.05) is 0 Å². The average molecular weight is 325 g/mol. The van der Waals surface area contributed by atoms with Gasteiger partial charge in [-0.25, -0.2) is 4.98 Å². The van der Waals surface area contributed by atoms with Gasteiger partial charge in [-0.1, -0.05) is 12.1 Å². The van der Waals surface area contributed by atoms with Gasteiger partial charge in [0.05, 0.1) is 32.1 Å². The maximum Gasteiger partial charge on any atom is 0.186 e. The fourth-order valence-corrected chi connectivity index (χ4v) is 3.52. The predicted octanol–water partition coefficient (Wildman–Crippen LogP) is 3.10. The summed E-state index contributed by atoms with van der Waals surface area (Å²) < 4.78 is 10.9. The molecule has 1 aromatic carbocycles. The Morgan fingerprint density at radius 1 is 1.05 bits per heavy atom. The molecule has 4 nitrogen and oxygen atoms in total. The van der Waals surface area contributed by atoms with Gasteiger partial charge in [0.15, 0.2) is 5.13 Å². The number of nitrogens with zero attached hydrogens (tertiary/aromatic N) is 2. The molecule has 1 fully saturated rings. The number of aromatic nitrogens is 1. The number of morpholine rings is 1. The quantitative estimate of drug-likeness (QED) is 0.850. The van der Waals surface area contributed by atoms with E-state index in [2.05, 4.69) is 28.5 Å². The lowest BCUT2D eigenvalue weighted by molar-refractivity contribution is 0.122. The zero-order chi connectivity index (χ0) is 13.4. The summed E-state index contributed by atoms with van der Waals surface area (Å²) in [7, 11) is 0. The molecular weight excluding hydrogens is 308 g/mol. The van der Waals surface area contributed by atoms with Crippen LogP contribution in [0.4, 0.5) is 5.13 Å². The zero-order valence-corrected chi connectivity index (χ0v) is 13.2. The first-order chi connectivity index (χ1) is 9.90. The normalized spacial score (nSPS) is 17.4. The highest BCUT2D eigenvalue weighted by molar-refractivity contribution is 7.14. The number of halogens is 1. The van der Waals surface area contributed by atoms with Crippen LogP contribution in [0.15, 0.2) is 23.6 Å². The molecule has 0 bridgehead atoms. The molecule has 3 heterocycles.